The van der Waals surface area contributed by atoms with Crippen molar-refractivity contribution in [1.82, 2.24) is 14.8 Å². The van der Waals surface area contributed by atoms with Crippen molar-refractivity contribution >= 4 is 5.91 Å². The second-order valence-corrected chi connectivity index (χ2v) is 7.69. The highest BCUT2D eigenvalue weighted by Crippen LogP contribution is 2.31. The van der Waals surface area contributed by atoms with Crippen molar-refractivity contribution in [1.29, 1.82) is 0 Å². The number of amides is 1. The van der Waals surface area contributed by atoms with Crippen LogP contribution >= 0.6 is 0 Å². The van der Waals surface area contributed by atoms with Gasteiger partial charge in [-0.3, -0.25) is 14.5 Å². The number of H-pyrrole nitrogens is 1. The molecule has 3 aliphatic heterocycles. The van der Waals surface area contributed by atoms with Gasteiger partial charge in [0.05, 0.1) is 12.7 Å². The van der Waals surface area contributed by atoms with E-state index < -0.39 is 5.56 Å². The second kappa shape index (κ2) is 7.67. The van der Waals surface area contributed by atoms with Crippen molar-refractivity contribution < 1.29 is 14.6 Å². The average Bonchev–Trinajstić information content (AvgIpc) is 2.99. The maximum atomic E-state index is 13.0. The Morgan fingerprint density at radius 1 is 1.21 bits per heavy atom. The Morgan fingerprint density at radius 3 is 2.71 bits per heavy atom. The number of carbonyl (C=O) groups is 1. The van der Waals surface area contributed by atoms with Gasteiger partial charge < -0.3 is 19.7 Å². The zero-order chi connectivity index (χ0) is 19.7. The third-order valence-electron chi connectivity index (χ3n) is 5.75. The van der Waals surface area contributed by atoms with E-state index in [-0.39, 0.29) is 23.3 Å². The summed E-state index contributed by atoms with van der Waals surface area (Å²) in [4.78, 5) is 31.1. The van der Waals surface area contributed by atoms with Gasteiger partial charge in [0.2, 0.25) is 0 Å². The number of rotatable bonds is 4. The second-order valence-electron chi connectivity index (χ2n) is 7.69. The molecule has 1 aromatic heterocycles. The highest BCUT2D eigenvalue weighted by Gasteiger charge is 2.38. The maximum Gasteiger partial charge on any atom is 0.259 e. The molecule has 1 aromatic carbocycles. The first-order chi connectivity index (χ1) is 13.5. The van der Waals surface area contributed by atoms with Gasteiger partial charge in [-0.15, -0.1) is 0 Å². The number of pyridine rings is 1. The molecule has 3 aliphatic rings. The molecule has 148 valence electrons. The smallest absolute Gasteiger partial charge is 0.259 e. The first kappa shape index (κ1) is 18.6. The number of aromatic hydroxyl groups is 1. The number of aromatic nitrogens is 1. The first-order valence-corrected chi connectivity index (χ1v) is 9.61. The Labute approximate surface area is 163 Å². The molecule has 3 fully saturated rings. The van der Waals surface area contributed by atoms with Crippen LogP contribution in [0, 0.1) is 5.92 Å². The predicted molar refractivity (Wildman–Crippen MR) is 105 cm³/mol. The minimum absolute atomic E-state index is 0.107. The standard InChI is InChI=1S/C21H25N3O4/c1-28-17-6-3-14(4-7-17)10-23-11-15-2-5-16(13-23)24(12-15)21(27)18-9-22-20(26)8-19(18)25/h3-4,6-9,15-16H,2,5,10-13H2,1H3,(H2,22,25,26)/t15-,16+/m1/s1. The van der Waals surface area contributed by atoms with Gasteiger partial charge >= 0.3 is 0 Å². The molecule has 2 aromatic rings. The number of ether oxygens (including phenoxy) is 1. The summed E-state index contributed by atoms with van der Waals surface area (Å²) in [5.41, 5.74) is 0.962. The Bertz CT molecular complexity index is 909. The highest BCUT2D eigenvalue weighted by atomic mass is 16.5. The van der Waals surface area contributed by atoms with Crippen molar-refractivity contribution in [3.63, 3.8) is 0 Å². The van der Waals surface area contributed by atoms with Gasteiger partial charge in [0.1, 0.15) is 11.5 Å². The summed E-state index contributed by atoms with van der Waals surface area (Å²) in [5, 5.41) is 10.0. The van der Waals surface area contributed by atoms with E-state index in [0.29, 0.717) is 12.5 Å². The van der Waals surface area contributed by atoms with E-state index in [1.165, 1.54) is 11.8 Å². The van der Waals surface area contributed by atoms with Crippen molar-refractivity contribution in [3.8, 4) is 11.5 Å². The van der Waals surface area contributed by atoms with Crippen LogP contribution in [0.5, 0.6) is 11.5 Å². The molecule has 0 aliphatic carbocycles. The SMILES string of the molecule is COc1ccc(CN2C[C@H]3CC[C@@H](C2)N(C(=O)c2c[nH]c(=O)cc2O)C3)cc1. The number of fused-ring (bicyclic) bond motifs is 4. The molecule has 2 atom stereocenters. The molecule has 2 N–H and O–H groups in total. The van der Waals surface area contributed by atoms with Crippen molar-refractivity contribution in [2.45, 2.75) is 25.4 Å². The molecule has 5 rings (SSSR count). The fourth-order valence-corrected chi connectivity index (χ4v) is 4.33. The highest BCUT2D eigenvalue weighted by molar-refractivity contribution is 5.96. The molecule has 7 heteroatoms. The van der Waals surface area contributed by atoms with Gasteiger partial charge in [-0.2, -0.15) is 0 Å². The Balaban J connectivity index is 1.49. The molecule has 28 heavy (non-hydrogen) atoms. The Hall–Kier alpha value is -2.80. The third-order valence-corrected chi connectivity index (χ3v) is 5.75. The zero-order valence-corrected chi connectivity index (χ0v) is 15.9. The zero-order valence-electron chi connectivity index (χ0n) is 15.9. The fraction of sp³-hybridized carbons (Fsp3) is 0.429. The van der Waals surface area contributed by atoms with Gasteiger partial charge in [-0.25, -0.2) is 0 Å². The van der Waals surface area contributed by atoms with Crippen LogP contribution in [0.15, 0.2) is 41.3 Å². The number of piperidine rings is 1. The van der Waals surface area contributed by atoms with Crippen molar-refractivity contribution in [3.05, 3.63) is 58.0 Å². The van der Waals surface area contributed by atoms with E-state index in [2.05, 4.69) is 22.0 Å². The molecule has 7 nitrogen and oxygen atoms in total. The molecule has 0 saturated carbocycles. The summed E-state index contributed by atoms with van der Waals surface area (Å²) in [6.45, 7) is 3.27. The maximum absolute atomic E-state index is 13.0. The topological polar surface area (TPSA) is 85.9 Å². The fourth-order valence-electron chi connectivity index (χ4n) is 4.33. The number of hydrogen-bond acceptors (Lipinski definition) is 5. The molecular formula is C21H25N3O4. The number of nitrogens with one attached hydrogen (secondary N) is 1. The summed E-state index contributed by atoms with van der Waals surface area (Å²) in [5.74, 6) is 0.779. The minimum Gasteiger partial charge on any atom is -0.507 e. The van der Waals surface area contributed by atoms with E-state index in [1.807, 2.05) is 17.0 Å². The van der Waals surface area contributed by atoms with Gasteiger partial charge in [-0.05, 0) is 36.5 Å². The summed E-state index contributed by atoms with van der Waals surface area (Å²) in [7, 11) is 1.66. The third kappa shape index (κ3) is 3.75. The molecule has 3 saturated heterocycles. The Morgan fingerprint density at radius 2 is 2.00 bits per heavy atom. The summed E-state index contributed by atoms with van der Waals surface area (Å²) in [6, 6.07) is 9.25. The van der Waals surface area contributed by atoms with Crippen molar-refractivity contribution in [2.24, 2.45) is 5.92 Å². The van der Waals surface area contributed by atoms with Crippen LogP contribution in [-0.2, 0) is 6.54 Å². The molecule has 1 amide bonds. The number of methoxy groups -OCH3 is 1. The monoisotopic (exact) mass is 383 g/mol. The van der Waals surface area contributed by atoms with Crippen LogP contribution in [-0.4, -0.2) is 58.6 Å². The molecular weight excluding hydrogens is 358 g/mol. The lowest BCUT2D eigenvalue weighted by Crippen LogP contribution is -2.47. The average molecular weight is 383 g/mol. The van der Waals surface area contributed by atoms with E-state index in [4.69, 9.17) is 4.74 Å². The van der Waals surface area contributed by atoms with Crippen LogP contribution in [0.1, 0.15) is 28.8 Å². The number of carbonyl (C=O) groups excluding carboxylic acids is 1. The molecule has 0 unspecified atom stereocenters. The summed E-state index contributed by atoms with van der Waals surface area (Å²) < 4.78 is 5.22. The lowest BCUT2D eigenvalue weighted by atomic mass is 9.94. The summed E-state index contributed by atoms with van der Waals surface area (Å²) in [6.07, 6.45) is 3.37. The number of aromatic amines is 1. The first-order valence-electron chi connectivity index (χ1n) is 9.61. The largest absolute Gasteiger partial charge is 0.507 e. The molecule has 4 heterocycles. The van der Waals surface area contributed by atoms with Gasteiger partial charge in [0.25, 0.3) is 11.5 Å². The quantitative estimate of drug-likeness (QED) is 0.841. The normalized spacial score (nSPS) is 22.1. The van der Waals surface area contributed by atoms with Crippen LogP contribution in [0.4, 0.5) is 0 Å². The van der Waals surface area contributed by atoms with Crippen LogP contribution in [0.25, 0.3) is 0 Å². The van der Waals surface area contributed by atoms with E-state index in [0.717, 1.165) is 44.3 Å². The Kier molecular flexibility index (Phi) is 5.09. The van der Waals surface area contributed by atoms with Gasteiger partial charge in [0, 0.05) is 44.5 Å². The number of hydrogen-bond donors (Lipinski definition) is 2. The van der Waals surface area contributed by atoms with Gasteiger partial charge in [-0.1, -0.05) is 12.1 Å². The number of benzene rings is 1. The molecule has 0 radical (unpaired) electrons. The predicted octanol–water partition coefficient (Wildman–Crippen LogP) is 1.83. The van der Waals surface area contributed by atoms with Crippen molar-refractivity contribution in [2.75, 3.05) is 26.7 Å². The minimum atomic E-state index is -0.419. The van der Waals surface area contributed by atoms with E-state index in [9.17, 15) is 14.7 Å². The lowest BCUT2D eigenvalue weighted by molar-refractivity contribution is 0.0581. The van der Waals surface area contributed by atoms with Crippen LogP contribution in [0.3, 0.4) is 0 Å². The molecule has 2 bridgehead atoms. The van der Waals surface area contributed by atoms with Crippen LogP contribution < -0.4 is 10.3 Å². The molecule has 0 spiro atoms. The van der Waals surface area contributed by atoms with E-state index >= 15 is 0 Å². The van der Waals surface area contributed by atoms with Crippen LogP contribution in [0.2, 0.25) is 0 Å². The van der Waals surface area contributed by atoms with E-state index in [1.54, 1.807) is 7.11 Å². The summed E-state index contributed by atoms with van der Waals surface area (Å²) >= 11 is 0. The lowest BCUT2D eigenvalue weighted by Gasteiger charge is -2.36. The number of nitrogens with zero attached hydrogens (tertiary/aromatic N) is 2. The van der Waals surface area contributed by atoms with Gasteiger partial charge in [0.15, 0.2) is 0 Å².